The average molecular weight is 256 g/mol. The molecule has 0 bridgehead atoms. The molecule has 6 heteroatoms. The Hall–Kier alpha value is -1.82. The number of halogens is 1. The van der Waals surface area contributed by atoms with E-state index < -0.39 is 11.8 Å². The van der Waals surface area contributed by atoms with E-state index in [0.717, 1.165) is 6.42 Å². The van der Waals surface area contributed by atoms with E-state index in [1.807, 2.05) is 0 Å². The van der Waals surface area contributed by atoms with Crippen molar-refractivity contribution < 1.29 is 19.0 Å². The van der Waals surface area contributed by atoms with Crippen molar-refractivity contribution in [3.63, 3.8) is 0 Å². The molecule has 0 aliphatic carbocycles. The molecule has 5 nitrogen and oxygen atoms in total. The van der Waals surface area contributed by atoms with Gasteiger partial charge in [0.15, 0.2) is 0 Å². The SMILES string of the molecule is COCCCN(C)c1ccc(F)c(N)c1C(=O)O. The number of nitrogens with two attached hydrogens (primary N) is 1. The summed E-state index contributed by atoms with van der Waals surface area (Å²) in [6, 6.07) is 2.59. The number of aromatic carboxylic acids is 1. The number of benzene rings is 1. The van der Waals surface area contributed by atoms with Crippen molar-refractivity contribution in [3.05, 3.63) is 23.5 Å². The molecule has 18 heavy (non-hydrogen) atoms. The molecule has 0 atom stereocenters. The van der Waals surface area contributed by atoms with Gasteiger partial charge in [0.1, 0.15) is 11.4 Å². The first-order valence-corrected chi connectivity index (χ1v) is 5.50. The summed E-state index contributed by atoms with van der Waals surface area (Å²) >= 11 is 0. The van der Waals surface area contributed by atoms with Gasteiger partial charge in [-0.2, -0.15) is 0 Å². The summed E-state index contributed by atoms with van der Waals surface area (Å²) in [6.07, 6.45) is 0.739. The number of carbonyl (C=O) groups is 1. The highest BCUT2D eigenvalue weighted by Crippen LogP contribution is 2.27. The van der Waals surface area contributed by atoms with Gasteiger partial charge in [-0.25, -0.2) is 9.18 Å². The molecule has 1 rings (SSSR count). The van der Waals surface area contributed by atoms with Gasteiger partial charge >= 0.3 is 5.97 Å². The number of carboxylic acids is 1. The van der Waals surface area contributed by atoms with E-state index in [1.54, 1.807) is 19.1 Å². The number of nitrogen functional groups attached to an aromatic ring is 1. The Morgan fingerprint density at radius 3 is 2.78 bits per heavy atom. The third-order valence-corrected chi connectivity index (χ3v) is 2.64. The monoisotopic (exact) mass is 256 g/mol. The lowest BCUT2D eigenvalue weighted by Gasteiger charge is -2.22. The number of rotatable bonds is 6. The molecule has 1 aromatic carbocycles. The van der Waals surface area contributed by atoms with Crippen LogP contribution in [0.25, 0.3) is 0 Å². The first kappa shape index (κ1) is 14.2. The van der Waals surface area contributed by atoms with Crippen LogP contribution in [-0.4, -0.2) is 38.4 Å². The summed E-state index contributed by atoms with van der Waals surface area (Å²) in [5, 5.41) is 9.09. The van der Waals surface area contributed by atoms with Gasteiger partial charge in [-0.3, -0.25) is 0 Å². The molecule has 0 aliphatic heterocycles. The minimum atomic E-state index is -1.24. The van der Waals surface area contributed by atoms with Crippen molar-refractivity contribution in [2.75, 3.05) is 37.9 Å². The Kier molecular flexibility index (Phi) is 4.91. The van der Waals surface area contributed by atoms with Crippen LogP contribution < -0.4 is 10.6 Å². The first-order chi connectivity index (χ1) is 8.49. The molecule has 0 saturated carbocycles. The van der Waals surface area contributed by atoms with Gasteiger partial charge in [0.05, 0.1) is 11.4 Å². The van der Waals surface area contributed by atoms with Crippen molar-refractivity contribution in [1.82, 2.24) is 0 Å². The van der Waals surface area contributed by atoms with E-state index in [0.29, 0.717) is 18.8 Å². The standard InChI is InChI=1S/C12H17FN2O3/c1-15(6-3-7-18-2)9-5-4-8(13)11(14)10(9)12(16)17/h4-5H,3,6-7,14H2,1-2H3,(H,16,17). The molecule has 1 aromatic rings. The minimum absolute atomic E-state index is 0.199. The maximum atomic E-state index is 13.3. The van der Waals surface area contributed by atoms with E-state index in [-0.39, 0.29) is 11.3 Å². The van der Waals surface area contributed by atoms with Gasteiger partial charge in [-0.1, -0.05) is 0 Å². The third kappa shape index (κ3) is 3.10. The number of hydrogen-bond donors (Lipinski definition) is 2. The first-order valence-electron chi connectivity index (χ1n) is 5.50. The third-order valence-electron chi connectivity index (χ3n) is 2.64. The van der Waals surface area contributed by atoms with Gasteiger partial charge in [-0.15, -0.1) is 0 Å². The number of anilines is 2. The fourth-order valence-corrected chi connectivity index (χ4v) is 1.69. The maximum absolute atomic E-state index is 13.3. The number of methoxy groups -OCH3 is 1. The van der Waals surface area contributed by atoms with Crippen molar-refractivity contribution in [3.8, 4) is 0 Å². The predicted octanol–water partition coefficient (Wildman–Crippen LogP) is 1.58. The molecule has 100 valence electrons. The highest BCUT2D eigenvalue weighted by atomic mass is 19.1. The Morgan fingerprint density at radius 2 is 2.22 bits per heavy atom. The molecule has 3 N–H and O–H groups in total. The van der Waals surface area contributed by atoms with Crippen molar-refractivity contribution in [2.45, 2.75) is 6.42 Å². The van der Waals surface area contributed by atoms with E-state index in [1.165, 1.54) is 12.1 Å². The zero-order valence-electron chi connectivity index (χ0n) is 10.4. The van der Waals surface area contributed by atoms with Crippen LogP contribution in [0.5, 0.6) is 0 Å². The zero-order valence-corrected chi connectivity index (χ0v) is 10.4. The van der Waals surface area contributed by atoms with E-state index >= 15 is 0 Å². The van der Waals surface area contributed by atoms with Crippen molar-refractivity contribution >= 4 is 17.3 Å². The van der Waals surface area contributed by atoms with Gasteiger partial charge in [-0.05, 0) is 18.6 Å². The second-order valence-electron chi connectivity index (χ2n) is 3.93. The molecule has 0 spiro atoms. The lowest BCUT2D eigenvalue weighted by molar-refractivity contribution is 0.0698. The number of hydrogen-bond acceptors (Lipinski definition) is 4. The van der Waals surface area contributed by atoms with Crippen LogP contribution in [0, 0.1) is 5.82 Å². The lowest BCUT2D eigenvalue weighted by Crippen LogP contribution is -2.23. The molecule has 0 saturated heterocycles. The fourth-order valence-electron chi connectivity index (χ4n) is 1.69. The quantitative estimate of drug-likeness (QED) is 0.597. The van der Waals surface area contributed by atoms with Crippen LogP contribution in [0.2, 0.25) is 0 Å². The summed E-state index contributed by atoms with van der Waals surface area (Å²) in [6.45, 7) is 1.17. The molecule has 0 aliphatic rings. The van der Waals surface area contributed by atoms with Crippen LogP contribution in [0.3, 0.4) is 0 Å². The Balaban J connectivity index is 3.01. The Bertz CT molecular complexity index is 438. The van der Waals surface area contributed by atoms with Crippen LogP contribution in [-0.2, 0) is 4.74 Å². The lowest BCUT2D eigenvalue weighted by atomic mass is 10.1. The van der Waals surface area contributed by atoms with Gasteiger partial charge in [0, 0.05) is 27.3 Å². The molecule has 0 heterocycles. The zero-order chi connectivity index (χ0) is 13.7. The summed E-state index contributed by atoms with van der Waals surface area (Å²) < 4.78 is 18.2. The molecule has 0 fully saturated rings. The van der Waals surface area contributed by atoms with Crippen LogP contribution >= 0.6 is 0 Å². The number of carboxylic acid groups (broad SMARTS) is 1. The molecule has 0 radical (unpaired) electrons. The maximum Gasteiger partial charge on any atom is 0.340 e. The minimum Gasteiger partial charge on any atom is -0.478 e. The summed E-state index contributed by atoms with van der Waals surface area (Å²) in [5.41, 5.74) is 5.34. The second kappa shape index (κ2) is 6.20. The molecule has 0 amide bonds. The molecular weight excluding hydrogens is 239 g/mol. The van der Waals surface area contributed by atoms with E-state index in [9.17, 15) is 9.18 Å². The van der Waals surface area contributed by atoms with Crippen LogP contribution in [0.15, 0.2) is 12.1 Å². The molecule has 0 aromatic heterocycles. The molecular formula is C12H17FN2O3. The van der Waals surface area contributed by atoms with Crippen molar-refractivity contribution in [1.29, 1.82) is 0 Å². The van der Waals surface area contributed by atoms with Gasteiger partial charge < -0.3 is 20.5 Å². The summed E-state index contributed by atoms with van der Waals surface area (Å²) in [7, 11) is 3.33. The highest BCUT2D eigenvalue weighted by molar-refractivity contribution is 6.00. The average Bonchev–Trinajstić information content (AvgIpc) is 2.32. The predicted molar refractivity (Wildman–Crippen MR) is 67.5 cm³/mol. The number of nitrogens with zero attached hydrogens (tertiary/aromatic N) is 1. The van der Waals surface area contributed by atoms with Crippen molar-refractivity contribution in [2.24, 2.45) is 0 Å². The largest absolute Gasteiger partial charge is 0.478 e. The van der Waals surface area contributed by atoms with Gasteiger partial charge in [0.2, 0.25) is 0 Å². The van der Waals surface area contributed by atoms with Crippen LogP contribution in [0.1, 0.15) is 16.8 Å². The van der Waals surface area contributed by atoms with Gasteiger partial charge in [0.25, 0.3) is 0 Å². The normalized spacial score (nSPS) is 10.4. The number of ether oxygens (including phenoxy) is 1. The Morgan fingerprint density at radius 1 is 1.56 bits per heavy atom. The topological polar surface area (TPSA) is 75.8 Å². The Labute approximate surface area is 105 Å². The summed E-state index contributed by atoms with van der Waals surface area (Å²) in [5.74, 6) is -1.96. The van der Waals surface area contributed by atoms with E-state index in [2.05, 4.69) is 0 Å². The smallest absolute Gasteiger partial charge is 0.340 e. The van der Waals surface area contributed by atoms with E-state index in [4.69, 9.17) is 15.6 Å². The molecule has 0 unspecified atom stereocenters. The highest BCUT2D eigenvalue weighted by Gasteiger charge is 2.19. The van der Waals surface area contributed by atoms with Crippen LogP contribution in [0.4, 0.5) is 15.8 Å². The summed E-state index contributed by atoms with van der Waals surface area (Å²) in [4.78, 5) is 12.9. The fraction of sp³-hybridized carbons (Fsp3) is 0.417. The second-order valence-corrected chi connectivity index (χ2v) is 3.93.